The smallest absolute Gasteiger partial charge is 0.0717 e. The topological polar surface area (TPSA) is 29.5 Å². The fraction of sp³-hybridized carbons (Fsp3) is 0.500. The highest BCUT2D eigenvalue weighted by molar-refractivity contribution is 5.13. The van der Waals surface area contributed by atoms with Crippen LogP contribution < -0.4 is 0 Å². The molecule has 0 heterocycles. The van der Waals surface area contributed by atoms with E-state index in [0.29, 0.717) is 13.2 Å². The summed E-state index contributed by atoms with van der Waals surface area (Å²) in [4.78, 5) is 0. The van der Waals surface area contributed by atoms with Crippen molar-refractivity contribution in [2.45, 2.75) is 20.0 Å². The third kappa shape index (κ3) is 3.90. The number of hydrogen-bond donors (Lipinski definition) is 1. The molecule has 78 valence electrons. The molecule has 2 nitrogen and oxygen atoms in total. The van der Waals surface area contributed by atoms with Gasteiger partial charge in [-0.3, -0.25) is 0 Å². The lowest BCUT2D eigenvalue weighted by Crippen LogP contribution is -2.12. The Balaban J connectivity index is 2.21. The highest BCUT2D eigenvalue weighted by atomic mass is 16.5. The van der Waals surface area contributed by atoms with Gasteiger partial charge in [-0.25, -0.2) is 0 Å². The molecule has 0 saturated carbocycles. The molecule has 0 aliphatic heterocycles. The van der Waals surface area contributed by atoms with Crippen molar-refractivity contribution < 1.29 is 9.84 Å². The lowest BCUT2D eigenvalue weighted by Gasteiger charge is -2.11. The fourth-order valence-electron chi connectivity index (χ4n) is 1.22. The van der Waals surface area contributed by atoms with Crippen LogP contribution in [0.4, 0.5) is 0 Å². The van der Waals surface area contributed by atoms with Gasteiger partial charge in [0.25, 0.3) is 0 Å². The van der Waals surface area contributed by atoms with Crippen LogP contribution in [0.1, 0.15) is 18.9 Å². The molecule has 0 aliphatic rings. The van der Waals surface area contributed by atoms with E-state index in [1.54, 1.807) is 0 Å². The molecule has 0 radical (unpaired) electrons. The highest BCUT2D eigenvalue weighted by Gasteiger charge is 2.03. The van der Waals surface area contributed by atoms with Crippen molar-refractivity contribution in [2.24, 2.45) is 5.92 Å². The zero-order valence-corrected chi connectivity index (χ0v) is 8.65. The van der Waals surface area contributed by atoms with Crippen LogP contribution in [-0.4, -0.2) is 18.3 Å². The standard InChI is InChI=1S/C12H18O2/c1-2-11(8-13)9-14-10-12-6-4-3-5-7-12/h3-7,11,13H,2,8-10H2,1H3/t11-/m0/s1. The van der Waals surface area contributed by atoms with Crippen LogP contribution in [0.15, 0.2) is 30.3 Å². The molecule has 1 N–H and O–H groups in total. The monoisotopic (exact) mass is 194 g/mol. The summed E-state index contributed by atoms with van der Waals surface area (Å²) in [6.07, 6.45) is 0.964. The minimum atomic E-state index is 0.214. The first-order chi connectivity index (χ1) is 6.86. The van der Waals surface area contributed by atoms with E-state index in [-0.39, 0.29) is 12.5 Å². The van der Waals surface area contributed by atoms with Crippen LogP contribution >= 0.6 is 0 Å². The molecule has 0 saturated heterocycles. The number of rotatable bonds is 6. The summed E-state index contributed by atoms with van der Waals surface area (Å²) in [5, 5.41) is 8.94. The predicted octanol–water partition coefficient (Wildman–Crippen LogP) is 2.22. The van der Waals surface area contributed by atoms with Gasteiger partial charge in [-0.15, -0.1) is 0 Å². The summed E-state index contributed by atoms with van der Waals surface area (Å²) in [7, 11) is 0. The van der Waals surface area contributed by atoms with Gasteiger partial charge in [0.2, 0.25) is 0 Å². The van der Waals surface area contributed by atoms with Crippen molar-refractivity contribution in [1.82, 2.24) is 0 Å². The Morgan fingerprint density at radius 1 is 1.29 bits per heavy atom. The molecule has 1 rings (SSSR count). The van der Waals surface area contributed by atoms with E-state index in [0.717, 1.165) is 6.42 Å². The number of aliphatic hydroxyl groups excluding tert-OH is 1. The molecular weight excluding hydrogens is 176 g/mol. The average molecular weight is 194 g/mol. The van der Waals surface area contributed by atoms with E-state index >= 15 is 0 Å². The van der Waals surface area contributed by atoms with Crippen molar-refractivity contribution in [1.29, 1.82) is 0 Å². The number of benzene rings is 1. The van der Waals surface area contributed by atoms with Gasteiger partial charge in [0.1, 0.15) is 0 Å². The summed E-state index contributed by atoms with van der Waals surface area (Å²) in [5.74, 6) is 0.277. The lowest BCUT2D eigenvalue weighted by molar-refractivity contribution is 0.0615. The first kappa shape index (κ1) is 11.2. The van der Waals surface area contributed by atoms with Crippen molar-refractivity contribution in [3.05, 3.63) is 35.9 Å². The number of hydrogen-bond acceptors (Lipinski definition) is 2. The number of ether oxygens (including phenoxy) is 1. The normalized spacial score (nSPS) is 12.7. The second kappa shape index (κ2) is 6.57. The van der Waals surface area contributed by atoms with Gasteiger partial charge < -0.3 is 9.84 Å². The summed E-state index contributed by atoms with van der Waals surface area (Å²) >= 11 is 0. The Kier molecular flexibility index (Phi) is 5.27. The Hall–Kier alpha value is -0.860. The predicted molar refractivity (Wildman–Crippen MR) is 57.0 cm³/mol. The van der Waals surface area contributed by atoms with Crippen LogP contribution in [0.2, 0.25) is 0 Å². The zero-order valence-electron chi connectivity index (χ0n) is 8.65. The summed E-state index contributed by atoms with van der Waals surface area (Å²) in [6, 6.07) is 10.1. The summed E-state index contributed by atoms with van der Waals surface area (Å²) in [5.41, 5.74) is 1.18. The average Bonchev–Trinajstić information content (AvgIpc) is 2.26. The summed E-state index contributed by atoms with van der Waals surface area (Å²) in [6.45, 7) is 3.55. The Morgan fingerprint density at radius 3 is 2.57 bits per heavy atom. The molecule has 1 aromatic carbocycles. The minimum absolute atomic E-state index is 0.214. The van der Waals surface area contributed by atoms with E-state index in [1.807, 2.05) is 30.3 Å². The molecular formula is C12H18O2. The van der Waals surface area contributed by atoms with Gasteiger partial charge in [0.15, 0.2) is 0 Å². The van der Waals surface area contributed by atoms with Gasteiger partial charge in [0, 0.05) is 12.5 Å². The van der Waals surface area contributed by atoms with Crippen molar-refractivity contribution in [3.8, 4) is 0 Å². The molecule has 0 fully saturated rings. The Labute approximate surface area is 85.5 Å². The van der Waals surface area contributed by atoms with Crippen molar-refractivity contribution >= 4 is 0 Å². The maximum absolute atomic E-state index is 8.94. The molecule has 14 heavy (non-hydrogen) atoms. The van der Waals surface area contributed by atoms with E-state index in [4.69, 9.17) is 9.84 Å². The molecule has 0 aromatic heterocycles. The molecule has 0 spiro atoms. The van der Waals surface area contributed by atoms with Gasteiger partial charge in [0.05, 0.1) is 13.2 Å². The maximum Gasteiger partial charge on any atom is 0.0717 e. The van der Waals surface area contributed by atoms with Crippen molar-refractivity contribution in [3.63, 3.8) is 0 Å². The fourth-order valence-corrected chi connectivity index (χ4v) is 1.22. The second-order valence-electron chi connectivity index (χ2n) is 3.46. The largest absolute Gasteiger partial charge is 0.396 e. The number of aliphatic hydroxyl groups is 1. The van der Waals surface area contributed by atoms with Crippen LogP contribution in [0.25, 0.3) is 0 Å². The van der Waals surface area contributed by atoms with Crippen LogP contribution in [0.3, 0.4) is 0 Å². The van der Waals surface area contributed by atoms with Gasteiger partial charge in [-0.05, 0) is 12.0 Å². The third-order valence-electron chi connectivity index (χ3n) is 2.30. The minimum Gasteiger partial charge on any atom is -0.396 e. The molecule has 0 bridgehead atoms. The van der Waals surface area contributed by atoms with Crippen LogP contribution in [-0.2, 0) is 11.3 Å². The molecule has 1 atom stereocenters. The SMILES string of the molecule is CC[C@@H](CO)COCc1ccccc1. The van der Waals surface area contributed by atoms with Crippen molar-refractivity contribution in [2.75, 3.05) is 13.2 Å². The second-order valence-corrected chi connectivity index (χ2v) is 3.46. The molecule has 0 amide bonds. The van der Waals surface area contributed by atoms with Gasteiger partial charge in [-0.2, -0.15) is 0 Å². The van der Waals surface area contributed by atoms with E-state index < -0.39 is 0 Å². The summed E-state index contributed by atoms with van der Waals surface area (Å²) < 4.78 is 5.50. The first-order valence-electron chi connectivity index (χ1n) is 5.09. The maximum atomic E-state index is 8.94. The molecule has 2 heteroatoms. The first-order valence-corrected chi connectivity index (χ1v) is 5.09. The van der Waals surface area contributed by atoms with E-state index in [1.165, 1.54) is 5.56 Å². The zero-order chi connectivity index (χ0) is 10.2. The quantitative estimate of drug-likeness (QED) is 0.752. The van der Waals surface area contributed by atoms with Crippen LogP contribution in [0.5, 0.6) is 0 Å². The molecule has 0 unspecified atom stereocenters. The van der Waals surface area contributed by atoms with E-state index in [2.05, 4.69) is 6.92 Å². The Bertz CT molecular complexity index is 229. The Morgan fingerprint density at radius 2 is 2.00 bits per heavy atom. The molecule has 1 aromatic rings. The third-order valence-corrected chi connectivity index (χ3v) is 2.30. The van der Waals surface area contributed by atoms with Gasteiger partial charge in [-0.1, -0.05) is 37.3 Å². The van der Waals surface area contributed by atoms with Crippen LogP contribution in [0, 0.1) is 5.92 Å². The van der Waals surface area contributed by atoms with Gasteiger partial charge >= 0.3 is 0 Å². The van der Waals surface area contributed by atoms with E-state index in [9.17, 15) is 0 Å². The highest BCUT2D eigenvalue weighted by Crippen LogP contribution is 2.05. The lowest BCUT2D eigenvalue weighted by atomic mass is 10.1. The molecule has 0 aliphatic carbocycles.